The highest BCUT2D eigenvalue weighted by molar-refractivity contribution is 7.12. The second-order valence-electron chi connectivity index (χ2n) is 2.92. The van der Waals surface area contributed by atoms with Gasteiger partial charge in [0.05, 0.1) is 5.01 Å². The first-order valence-corrected chi connectivity index (χ1v) is 5.93. The van der Waals surface area contributed by atoms with Gasteiger partial charge in [-0.15, -0.1) is 22.7 Å². The van der Waals surface area contributed by atoms with Crippen molar-refractivity contribution in [3.05, 3.63) is 38.0 Å². The van der Waals surface area contributed by atoms with Crippen molar-refractivity contribution in [2.75, 3.05) is 0 Å². The van der Waals surface area contributed by atoms with Crippen LogP contribution in [0, 0.1) is 6.92 Å². The molecule has 0 N–H and O–H groups in total. The van der Waals surface area contributed by atoms with Crippen molar-refractivity contribution in [1.82, 2.24) is 4.98 Å². The molecule has 0 spiro atoms. The summed E-state index contributed by atoms with van der Waals surface area (Å²) < 4.78 is 0. The molecule has 0 unspecified atom stereocenters. The minimum atomic E-state index is 0.585. The van der Waals surface area contributed by atoms with Crippen molar-refractivity contribution in [3.63, 3.8) is 0 Å². The van der Waals surface area contributed by atoms with E-state index >= 15 is 0 Å². The minimum Gasteiger partial charge on any atom is -0.296 e. The average molecular weight is 223 g/mol. The van der Waals surface area contributed by atoms with Gasteiger partial charge >= 0.3 is 0 Å². The molecule has 0 aliphatic heterocycles. The maximum absolute atomic E-state index is 10.6. The van der Waals surface area contributed by atoms with Crippen LogP contribution in [0.1, 0.15) is 25.3 Å². The smallest absolute Gasteiger partial charge is 0.169 e. The summed E-state index contributed by atoms with van der Waals surface area (Å²) in [4.78, 5) is 17.1. The third-order valence-electron chi connectivity index (χ3n) is 1.89. The van der Waals surface area contributed by atoms with E-state index in [1.54, 1.807) is 22.7 Å². The van der Waals surface area contributed by atoms with Gasteiger partial charge in [0.1, 0.15) is 5.69 Å². The van der Waals surface area contributed by atoms with Gasteiger partial charge in [-0.05, 0) is 18.4 Å². The fourth-order valence-electron chi connectivity index (χ4n) is 1.21. The molecule has 72 valence electrons. The average Bonchev–Trinajstić information content (AvgIpc) is 2.76. The predicted molar refractivity (Wildman–Crippen MR) is 59.4 cm³/mol. The topological polar surface area (TPSA) is 30.0 Å². The van der Waals surface area contributed by atoms with Crippen molar-refractivity contribution < 1.29 is 4.79 Å². The molecule has 0 bridgehead atoms. The Balaban J connectivity index is 2.21. The molecular formula is C10H9NOS2. The quantitative estimate of drug-likeness (QED) is 0.749. The van der Waals surface area contributed by atoms with Gasteiger partial charge in [-0.3, -0.25) is 4.79 Å². The van der Waals surface area contributed by atoms with Crippen LogP contribution >= 0.6 is 22.7 Å². The van der Waals surface area contributed by atoms with E-state index in [0.717, 1.165) is 22.6 Å². The second kappa shape index (κ2) is 4.02. The van der Waals surface area contributed by atoms with Gasteiger partial charge in [0.25, 0.3) is 0 Å². The fourth-order valence-corrected chi connectivity index (χ4v) is 2.94. The Labute approximate surface area is 90.2 Å². The number of carbonyl (C=O) groups excluding carboxylic acids is 1. The number of hydrogen-bond donors (Lipinski definition) is 0. The predicted octanol–water partition coefficient (Wildman–Crippen LogP) is 2.92. The first kappa shape index (κ1) is 9.55. The van der Waals surface area contributed by atoms with Gasteiger partial charge in [-0.2, -0.15) is 0 Å². The first-order valence-electron chi connectivity index (χ1n) is 4.23. The van der Waals surface area contributed by atoms with Gasteiger partial charge in [-0.1, -0.05) is 6.07 Å². The number of aromatic nitrogens is 1. The normalized spacial score (nSPS) is 10.4. The van der Waals surface area contributed by atoms with Crippen LogP contribution in [0.15, 0.2) is 17.5 Å². The SMILES string of the molecule is Cc1sc(Cc2cccs2)nc1C=O. The van der Waals surface area contributed by atoms with Crippen LogP contribution in [-0.4, -0.2) is 11.3 Å². The number of hydrogen-bond acceptors (Lipinski definition) is 4. The van der Waals surface area contributed by atoms with Crippen molar-refractivity contribution >= 4 is 29.0 Å². The molecule has 0 aliphatic rings. The maximum atomic E-state index is 10.6. The molecule has 2 aromatic heterocycles. The highest BCUT2D eigenvalue weighted by Gasteiger charge is 2.07. The van der Waals surface area contributed by atoms with Crippen LogP contribution < -0.4 is 0 Å². The third kappa shape index (κ3) is 1.91. The van der Waals surface area contributed by atoms with Crippen LogP contribution in [0.25, 0.3) is 0 Å². The Morgan fingerprint density at radius 3 is 3.00 bits per heavy atom. The second-order valence-corrected chi connectivity index (χ2v) is 5.24. The van der Waals surface area contributed by atoms with E-state index in [0.29, 0.717) is 5.69 Å². The lowest BCUT2D eigenvalue weighted by molar-refractivity contribution is 0.111. The lowest BCUT2D eigenvalue weighted by Gasteiger charge is -1.89. The van der Waals surface area contributed by atoms with Crippen LogP contribution in [0.5, 0.6) is 0 Å². The van der Waals surface area contributed by atoms with Gasteiger partial charge in [0.15, 0.2) is 6.29 Å². The third-order valence-corrected chi connectivity index (χ3v) is 3.76. The van der Waals surface area contributed by atoms with E-state index in [2.05, 4.69) is 16.4 Å². The van der Waals surface area contributed by atoms with Crippen molar-refractivity contribution in [2.45, 2.75) is 13.3 Å². The standard InChI is InChI=1S/C10H9NOS2/c1-7-9(6-12)11-10(14-7)5-8-3-2-4-13-8/h2-4,6H,5H2,1H3. The molecule has 0 aliphatic carbocycles. The van der Waals surface area contributed by atoms with Crippen LogP contribution in [0.4, 0.5) is 0 Å². The zero-order chi connectivity index (χ0) is 9.97. The summed E-state index contributed by atoms with van der Waals surface area (Å²) in [6.07, 6.45) is 1.67. The summed E-state index contributed by atoms with van der Waals surface area (Å²) in [6, 6.07) is 4.11. The Hall–Kier alpha value is -1.00. The van der Waals surface area contributed by atoms with E-state index in [1.807, 2.05) is 13.0 Å². The molecule has 2 nitrogen and oxygen atoms in total. The van der Waals surface area contributed by atoms with E-state index in [1.165, 1.54) is 4.88 Å². The first-order chi connectivity index (χ1) is 6.79. The van der Waals surface area contributed by atoms with Crippen LogP contribution in [-0.2, 0) is 6.42 Å². The molecule has 0 saturated heterocycles. The van der Waals surface area contributed by atoms with E-state index in [9.17, 15) is 4.79 Å². The molecule has 4 heteroatoms. The molecule has 0 amide bonds. The molecule has 14 heavy (non-hydrogen) atoms. The Kier molecular flexibility index (Phi) is 2.74. The molecule has 0 fully saturated rings. The monoisotopic (exact) mass is 223 g/mol. The zero-order valence-corrected chi connectivity index (χ0v) is 9.32. The zero-order valence-electron chi connectivity index (χ0n) is 7.69. The van der Waals surface area contributed by atoms with Crippen molar-refractivity contribution in [1.29, 1.82) is 0 Å². The molecule has 2 rings (SSSR count). The maximum Gasteiger partial charge on any atom is 0.169 e. The Bertz CT molecular complexity index is 431. The molecule has 0 aromatic carbocycles. The summed E-state index contributed by atoms with van der Waals surface area (Å²) in [6.45, 7) is 1.93. The summed E-state index contributed by atoms with van der Waals surface area (Å²) in [5.74, 6) is 0. The summed E-state index contributed by atoms with van der Waals surface area (Å²) in [7, 11) is 0. The number of aldehydes is 1. The largest absolute Gasteiger partial charge is 0.296 e. The molecule has 0 saturated carbocycles. The molecule has 0 radical (unpaired) electrons. The highest BCUT2D eigenvalue weighted by atomic mass is 32.1. The lowest BCUT2D eigenvalue weighted by atomic mass is 10.3. The summed E-state index contributed by atoms with van der Waals surface area (Å²) >= 11 is 3.32. The van der Waals surface area contributed by atoms with Gasteiger partial charge in [0, 0.05) is 16.2 Å². The minimum absolute atomic E-state index is 0.585. The molecule has 0 atom stereocenters. The Morgan fingerprint density at radius 2 is 2.43 bits per heavy atom. The van der Waals surface area contributed by atoms with Gasteiger partial charge in [-0.25, -0.2) is 4.98 Å². The van der Waals surface area contributed by atoms with Gasteiger partial charge < -0.3 is 0 Å². The van der Waals surface area contributed by atoms with Crippen LogP contribution in [0.2, 0.25) is 0 Å². The fraction of sp³-hybridized carbons (Fsp3) is 0.200. The molecule has 2 aromatic rings. The summed E-state index contributed by atoms with van der Waals surface area (Å²) in [5.41, 5.74) is 0.585. The van der Waals surface area contributed by atoms with Crippen molar-refractivity contribution in [3.8, 4) is 0 Å². The summed E-state index contributed by atoms with van der Waals surface area (Å²) in [5, 5.41) is 3.07. The van der Waals surface area contributed by atoms with Gasteiger partial charge in [0.2, 0.25) is 0 Å². The number of rotatable bonds is 3. The van der Waals surface area contributed by atoms with E-state index < -0.39 is 0 Å². The highest BCUT2D eigenvalue weighted by Crippen LogP contribution is 2.21. The lowest BCUT2D eigenvalue weighted by Crippen LogP contribution is -1.85. The molecular weight excluding hydrogens is 214 g/mol. The number of thiophene rings is 1. The number of carbonyl (C=O) groups is 1. The van der Waals surface area contributed by atoms with Crippen molar-refractivity contribution in [2.24, 2.45) is 0 Å². The number of nitrogens with zero attached hydrogens (tertiary/aromatic N) is 1. The Morgan fingerprint density at radius 1 is 1.57 bits per heavy atom. The number of thiazole rings is 1. The number of aryl methyl sites for hydroxylation is 1. The van der Waals surface area contributed by atoms with E-state index in [4.69, 9.17) is 0 Å². The van der Waals surface area contributed by atoms with E-state index in [-0.39, 0.29) is 0 Å². The molecule has 2 heterocycles. The van der Waals surface area contributed by atoms with Crippen LogP contribution in [0.3, 0.4) is 0 Å².